The molecule has 2 aliphatic heterocycles. The molecule has 0 radical (unpaired) electrons. The van der Waals surface area contributed by atoms with Gasteiger partial charge in [0, 0.05) is 37.9 Å². The highest BCUT2D eigenvalue weighted by atomic mass is 35.5. The molecule has 0 aliphatic carbocycles. The summed E-state index contributed by atoms with van der Waals surface area (Å²) >= 11 is 6.03. The van der Waals surface area contributed by atoms with E-state index in [1.807, 2.05) is 11.8 Å². The van der Waals surface area contributed by atoms with Crippen LogP contribution in [0.25, 0.3) is 0 Å². The van der Waals surface area contributed by atoms with Crippen LogP contribution in [-0.4, -0.2) is 42.7 Å². The molecule has 29 heavy (non-hydrogen) atoms. The molecule has 5 nitrogen and oxygen atoms in total. The Morgan fingerprint density at radius 3 is 2.69 bits per heavy atom. The number of hydrogen-bond donors (Lipinski definition) is 1. The molecule has 0 bridgehead atoms. The Morgan fingerprint density at radius 1 is 1.38 bits per heavy atom. The zero-order chi connectivity index (χ0) is 21.0. The van der Waals surface area contributed by atoms with E-state index >= 15 is 0 Å². The van der Waals surface area contributed by atoms with Gasteiger partial charge in [0.15, 0.2) is 0 Å². The quantitative estimate of drug-likeness (QED) is 0.720. The highest BCUT2D eigenvalue weighted by Crippen LogP contribution is 2.34. The third-order valence-electron chi connectivity index (χ3n) is 5.65. The number of ether oxygens (including phenoxy) is 1. The molecule has 1 N–H and O–H groups in total. The maximum Gasteiger partial charge on any atom is 0.417 e. The summed E-state index contributed by atoms with van der Waals surface area (Å²) in [4.78, 5) is 18.3. The van der Waals surface area contributed by atoms with Crippen molar-refractivity contribution in [3.8, 4) is 0 Å². The number of pyridine rings is 1. The largest absolute Gasteiger partial charge is 0.417 e. The van der Waals surface area contributed by atoms with Gasteiger partial charge in [-0.15, -0.1) is 0 Å². The van der Waals surface area contributed by atoms with Crippen LogP contribution in [0.3, 0.4) is 0 Å². The summed E-state index contributed by atoms with van der Waals surface area (Å²) in [7, 11) is 0. The Morgan fingerprint density at radius 2 is 2.10 bits per heavy atom. The maximum absolute atomic E-state index is 12.8. The van der Waals surface area contributed by atoms with Gasteiger partial charge in [0.1, 0.15) is 5.82 Å². The first-order valence-corrected chi connectivity index (χ1v) is 10.5. The first-order valence-electron chi connectivity index (χ1n) is 10.1. The number of nitrogens with zero attached hydrogens (tertiary/aromatic N) is 2. The van der Waals surface area contributed by atoms with E-state index < -0.39 is 11.7 Å². The number of rotatable bonds is 6. The Kier molecular flexibility index (Phi) is 7.27. The van der Waals surface area contributed by atoms with Gasteiger partial charge in [-0.05, 0) is 51.5 Å². The molecule has 2 aliphatic rings. The molecule has 3 heterocycles. The number of amides is 1. The predicted octanol–water partition coefficient (Wildman–Crippen LogP) is 4.43. The van der Waals surface area contributed by atoms with E-state index in [0.29, 0.717) is 37.9 Å². The molecule has 1 amide bonds. The molecular formula is C20H27ClF3N3O2. The normalized spacial score (nSPS) is 22.0. The average Bonchev–Trinajstić information content (AvgIpc) is 3.19. The highest BCUT2D eigenvalue weighted by Gasteiger charge is 2.33. The third-order valence-corrected chi connectivity index (χ3v) is 5.93. The van der Waals surface area contributed by atoms with E-state index in [2.05, 4.69) is 10.3 Å². The van der Waals surface area contributed by atoms with Gasteiger partial charge in [0.05, 0.1) is 16.7 Å². The first-order chi connectivity index (χ1) is 13.7. The van der Waals surface area contributed by atoms with Gasteiger partial charge in [-0.1, -0.05) is 11.6 Å². The van der Waals surface area contributed by atoms with Crippen molar-refractivity contribution in [2.45, 2.75) is 63.8 Å². The second kappa shape index (κ2) is 9.51. The fourth-order valence-corrected chi connectivity index (χ4v) is 4.20. The van der Waals surface area contributed by atoms with Crippen LogP contribution in [-0.2, 0) is 15.7 Å². The molecule has 2 atom stereocenters. The standard InChI is InChI=1S/C20H27ClF3N3O2/c1-13(4-5-16-3-2-10-29-16)26-19(28)14-6-8-27(9-7-14)18-17(21)11-15(12-25-18)20(22,23)24/h11-14,16H,2-10H2,1H3,(H,26,28). The molecule has 2 fully saturated rings. The smallest absolute Gasteiger partial charge is 0.378 e. The summed E-state index contributed by atoms with van der Waals surface area (Å²) < 4.78 is 43.9. The number of anilines is 1. The van der Waals surface area contributed by atoms with Crippen LogP contribution < -0.4 is 10.2 Å². The number of hydrogen-bond acceptors (Lipinski definition) is 4. The number of alkyl halides is 3. The van der Waals surface area contributed by atoms with Crippen molar-refractivity contribution in [3.63, 3.8) is 0 Å². The summed E-state index contributed by atoms with van der Waals surface area (Å²) in [6, 6.07) is 0.995. The summed E-state index contributed by atoms with van der Waals surface area (Å²) in [6.07, 6.45) is 1.93. The van der Waals surface area contributed by atoms with Crippen LogP contribution in [0, 0.1) is 5.92 Å². The highest BCUT2D eigenvalue weighted by molar-refractivity contribution is 6.33. The van der Waals surface area contributed by atoms with E-state index in [1.54, 1.807) is 0 Å². The van der Waals surface area contributed by atoms with Crippen LogP contribution in [0.5, 0.6) is 0 Å². The first kappa shape index (κ1) is 22.2. The number of nitrogens with one attached hydrogen (secondary N) is 1. The van der Waals surface area contributed by atoms with E-state index in [4.69, 9.17) is 16.3 Å². The lowest BCUT2D eigenvalue weighted by molar-refractivity contribution is -0.137. The Hall–Kier alpha value is -1.54. The molecule has 1 aromatic heterocycles. The van der Waals surface area contributed by atoms with Gasteiger partial charge in [-0.25, -0.2) is 4.98 Å². The Labute approximate surface area is 173 Å². The molecule has 0 saturated carbocycles. The number of halogens is 4. The van der Waals surface area contributed by atoms with Crippen molar-refractivity contribution in [1.29, 1.82) is 0 Å². The van der Waals surface area contributed by atoms with Crippen molar-refractivity contribution in [3.05, 3.63) is 22.8 Å². The van der Waals surface area contributed by atoms with Crippen LogP contribution in [0.15, 0.2) is 12.3 Å². The molecule has 2 unspecified atom stereocenters. The zero-order valence-electron chi connectivity index (χ0n) is 16.5. The van der Waals surface area contributed by atoms with Crippen LogP contribution in [0.2, 0.25) is 5.02 Å². The number of piperidine rings is 1. The van der Waals surface area contributed by atoms with Crippen molar-refractivity contribution in [2.75, 3.05) is 24.6 Å². The second-order valence-electron chi connectivity index (χ2n) is 7.91. The Bertz CT molecular complexity index is 703. The fourth-order valence-electron chi connectivity index (χ4n) is 3.91. The maximum atomic E-state index is 12.8. The molecule has 0 spiro atoms. The van der Waals surface area contributed by atoms with Crippen molar-refractivity contribution in [2.24, 2.45) is 5.92 Å². The molecule has 3 rings (SSSR count). The van der Waals surface area contributed by atoms with Gasteiger partial charge >= 0.3 is 6.18 Å². The summed E-state index contributed by atoms with van der Waals surface area (Å²) in [5.41, 5.74) is -0.863. The lowest BCUT2D eigenvalue weighted by Gasteiger charge is -2.33. The SMILES string of the molecule is CC(CCC1CCCO1)NC(=O)C1CCN(c2ncc(C(F)(F)F)cc2Cl)CC1. The van der Waals surface area contributed by atoms with Crippen LogP contribution >= 0.6 is 11.6 Å². The van der Waals surface area contributed by atoms with Crippen molar-refractivity contribution in [1.82, 2.24) is 10.3 Å². The topological polar surface area (TPSA) is 54.5 Å². The van der Waals surface area contributed by atoms with Crippen LogP contribution in [0.4, 0.5) is 19.0 Å². The van der Waals surface area contributed by atoms with Gasteiger partial charge in [-0.3, -0.25) is 4.79 Å². The van der Waals surface area contributed by atoms with Crippen LogP contribution in [0.1, 0.15) is 51.0 Å². The van der Waals surface area contributed by atoms with Gasteiger partial charge in [0.25, 0.3) is 0 Å². The summed E-state index contributed by atoms with van der Waals surface area (Å²) in [5, 5.41) is 3.06. The lowest BCUT2D eigenvalue weighted by Crippen LogP contribution is -2.43. The predicted molar refractivity (Wildman–Crippen MR) is 105 cm³/mol. The molecule has 1 aromatic rings. The number of carbonyl (C=O) groups excluding carboxylic acids is 1. The monoisotopic (exact) mass is 433 g/mol. The van der Waals surface area contributed by atoms with E-state index in [-0.39, 0.29) is 22.9 Å². The van der Waals surface area contributed by atoms with Gasteiger partial charge in [0.2, 0.25) is 5.91 Å². The average molecular weight is 434 g/mol. The third kappa shape index (κ3) is 5.98. The molecule has 162 valence electrons. The minimum absolute atomic E-state index is 0.0227. The Balaban J connectivity index is 1.46. The van der Waals surface area contributed by atoms with Crippen molar-refractivity contribution < 1.29 is 22.7 Å². The van der Waals surface area contributed by atoms with E-state index in [9.17, 15) is 18.0 Å². The molecule has 2 saturated heterocycles. The summed E-state index contributed by atoms with van der Waals surface area (Å²) in [6.45, 7) is 3.90. The van der Waals surface area contributed by atoms with E-state index in [1.165, 1.54) is 0 Å². The lowest BCUT2D eigenvalue weighted by atomic mass is 9.95. The van der Waals surface area contributed by atoms with E-state index in [0.717, 1.165) is 44.6 Å². The zero-order valence-corrected chi connectivity index (χ0v) is 17.2. The van der Waals surface area contributed by atoms with Crippen molar-refractivity contribution >= 4 is 23.3 Å². The second-order valence-corrected chi connectivity index (χ2v) is 8.32. The summed E-state index contributed by atoms with van der Waals surface area (Å²) in [5.74, 6) is 0.268. The van der Waals surface area contributed by atoms with Gasteiger partial charge < -0.3 is 15.0 Å². The fraction of sp³-hybridized carbons (Fsp3) is 0.700. The molecule has 0 aromatic carbocycles. The minimum Gasteiger partial charge on any atom is -0.378 e. The van der Waals surface area contributed by atoms with Gasteiger partial charge in [-0.2, -0.15) is 13.2 Å². The minimum atomic E-state index is -4.47. The number of aromatic nitrogens is 1. The number of carbonyl (C=O) groups is 1. The molecular weight excluding hydrogens is 407 g/mol. The molecule has 9 heteroatoms.